The zero-order chi connectivity index (χ0) is 17.2. The zero-order valence-corrected chi connectivity index (χ0v) is 14.6. The van der Waals surface area contributed by atoms with Crippen molar-refractivity contribution in [3.8, 4) is 11.4 Å². The van der Waals surface area contributed by atoms with E-state index >= 15 is 0 Å². The summed E-state index contributed by atoms with van der Waals surface area (Å²) in [5.74, 6) is 1.24. The number of benzene rings is 1. The number of nitrogens with zero attached hydrogens (tertiary/aromatic N) is 4. The van der Waals surface area contributed by atoms with Gasteiger partial charge in [-0.1, -0.05) is 6.07 Å². The fourth-order valence-corrected chi connectivity index (χ4v) is 3.34. The molecular formula is C18H16N6S. The average Bonchev–Trinajstić information content (AvgIpc) is 3.01. The van der Waals surface area contributed by atoms with Crippen LogP contribution in [0.2, 0.25) is 0 Å². The maximum absolute atomic E-state index is 4.54. The average molecular weight is 348 g/mol. The van der Waals surface area contributed by atoms with E-state index < -0.39 is 0 Å². The van der Waals surface area contributed by atoms with Gasteiger partial charge in [0.2, 0.25) is 5.95 Å². The molecule has 4 rings (SSSR count). The lowest BCUT2D eigenvalue weighted by molar-refractivity contribution is 1.14. The molecule has 0 aliphatic carbocycles. The summed E-state index contributed by atoms with van der Waals surface area (Å²) in [7, 11) is 1.80. The summed E-state index contributed by atoms with van der Waals surface area (Å²) < 4.78 is 1.18. The second-order valence-corrected chi connectivity index (χ2v) is 6.70. The van der Waals surface area contributed by atoms with Crippen molar-refractivity contribution in [2.45, 2.75) is 6.92 Å². The van der Waals surface area contributed by atoms with Crippen LogP contribution >= 0.6 is 11.3 Å². The highest BCUT2D eigenvalue weighted by Crippen LogP contribution is 2.27. The minimum Gasteiger partial charge on any atom is -0.357 e. The van der Waals surface area contributed by atoms with Crippen molar-refractivity contribution in [3.63, 3.8) is 0 Å². The predicted octanol–water partition coefficient (Wildman–Crippen LogP) is 4.24. The van der Waals surface area contributed by atoms with Crippen LogP contribution in [0.25, 0.3) is 21.6 Å². The predicted molar refractivity (Wildman–Crippen MR) is 102 cm³/mol. The second kappa shape index (κ2) is 6.45. The second-order valence-electron chi connectivity index (χ2n) is 5.47. The van der Waals surface area contributed by atoms with Crippen molar-refractivity contribution in [2.75, 3.05) is 17.7 Å². The summed E-state index contributed by atoms with van der Waals surface area (Å²) in [5, 5.41) is 7.39. The fourth-order valence-electron chi connectivity index (χ4n) is 2.54. The normalized spacial score (nSPS) is 10.8. The van der Waals surface area contributed by atoms with Gasteiger partial charge in [-0.15, -0.1) is 11.3 Å². The standard InChI is InChI=1S/C18H16N6S/c1-11-21-15-9-12(6-7-16(15)25-11)22-17-10-14(23-18(19-2)24-17)13-5-3-4-8-20-13/h3-10H,1-2H3,(H2,19,22,23,24). The van der Waals surface area contributed by atoms with Gasteiger partial charge in [0.1, 0.15) is 5.82 Å². The molecule has 6 nitrogen and oxygen atoms in total. The van der Waals surface area contributed by atoms with E-state index in [-0.39, 0.29) is 0 Å². The van der Waals surface area contributed by atoms with E-state index in [4.69, 9.17) is 0 Å². The highest BCUT2D eigenvalue weighted by molar-refractivity contribution is 7.18. The number of thiazole rings is 1. The molecule has 2 N–H and O–H groups in total. The Morgan fingerprint density at radius 2 is 1.88 bits per heavy atom. The summed E-state index contributed by atoms with van der Waals surface area (Å²) in [6.45, 7) is 2.01. The molecule has 7 heteroatoms. The molecule has 0 aliphatic heterocycles. The first-order valence-corrected chi connectivity index (χ1v) is 8.65. The lowest BCUT2D eigenvalue weighted by Crippen LogP contribution is -2.02. The summed E-state index contributed by atoms with van der Waals surface area (Å²) in [4.78, 5) is 17.9. The highest BCUT2D eigenvalue weighted by atomic mass is 32.1. The third-order valence-electron chi connectivity index (χ3n) is 3.64. The van der Waals surface area contributed by atoms with Gasteiger partial charge in [0, 0.05) is 25.0 Å². The van der Waals surface area contributed by atoms with Crippen molar-refractivity contribution >= 4 is 39.0 Å². The number of anilines is 3. The largest absolute Gasteiger partial charge is 0.357 e. The van der Waals surface area contributed by atoms with Crippen LogP contribution in [0.1, 0.15) is 5.01 Å². The van der Waals surface area contributed by atoms with Gasteiger partial charge in [-0.2, -0.15) is 4.98 Å². The zero-order valence-electron chi connectivity index (χ0n) is 13.8. The molecule has 3 aromatic heterocycles. The fraction of sp³-hybridized carbons (Fsp3) is 0.111. The van der Waals surface area contributed by atoms with Crippen molar-refractivity contribution in [3.05, 3.63) is 53.7 Å². The first-order chi connectivity index (χ1) is 12.2. The monoisotopic (exact) mass is 348 g/mol. The lowest BCUT2D eigenvalue weighted by atomic mass is 10.2. The van der Waals surface area contributed by atoms with Crippen LogP contribution in [-0.2, 0) is 0 Å². The maximum atomic E-state index is 4.54. The van der Waals surface area contributed by atoms with E-state index in [2.05, 4.69) is 36.6 Å². The van der Waals surface area contributed by atoms with Crippen molar-refractivity contribution in [1.29, 1.82) is 0 Å². The Bertz CT molecular complexity index is 1030. The van der Waals surface area contributed by atoms with Crippen LogP contribution in [0.5, 0.6) is 0 Å². The molecule has 0 aliphatic rings. The summed E-state index contributed by atoms with van der Waals surface area (Å²) in [6, 6.07) is 13.8. The van der Waals surface area contributed by atoms with Gasteiger partial charge in [-0.05, 0) is 37.3 Å². The maximum Gasteiger partial charge on any atom is 0.225 e. The molecule has 0 unspecified atom stereocenters. The number of pyridine rings is 1. The number of hydrogen-bond donors (Lipinski definition) is 2. The molecule has 0 bridgehead atoms. The van der Waals surface area contributed by atoms with E-state index in [1.54, 1.807) is 24.6 Å². The van der Waals surface area contributed by atoms with Gasteiger partial charge in [0.25, 0.3) is 0 Å². The van der Waals surface area contributed by atoms with Crippen LogP contribution in [0, 0.1) is 6.92 Å². The molecule has 0 spiro atoms. The van der Waals surface area contributed by atoms with Gasteiger partial charge in [0.15, 0.2) is 0 Å². The van der Waals surface area contributed by atoms with Gasteiger partial charge >= 0.3 is 0 Å². The van der Waals surface area contributed by atoms with Crippen molar-refractivity contribution in [1.82, 2.24) is 19.9 Å². The SMILES string of the molecule is CNc1nc(Nc2ccc3sc(C)nc3c2)cc(-c2ccccn2)n1. The number of hydrogen-bond acceptors (Lipinski definition) is 7. The number of rotatable bonds is 4. The number of fused-ring (bicyclic) bond motifs is 1. The van der Waals surface area contributed by atoms with Gasteiger partial charge < -0.3 is 10.6 Å². The molecule has 0 fully saturated rings. The Kier molecular flexibility index (Phi) is 3.99. The van der Waals surface area contributed by atoms with E-state index in [9.17, 15) is 0 Å². The van der Waals surface area contributed by atoms with Gasteiger partial charge in [-0.25, -0.2) is 9.97 Å². The summed E-state index contributed by atoms with van der Waals surface area (Å²) >= 11 is 1.69. The lowest BCUT2D eigenvalue weighted by Gasteiger charge is -2.09. The first-order valence-electron chi connectivity index (χ1n) is 7.84. The number of aromatic nitrogens is 4. The van der Waals surface area contributed by atoms with Gasteiger partial charge in [0.05, 0.1) is 26.6 Å². The molecule has 3 heterocycles. The Morgan fingerprint density at radius 3 is 2.68 bits per heavy atom. The van der Waals surface area contributed by atoms with E-state index in [0.717, 1.165) is 27.6 Å². The quantitative estimate of drug-likeness (QED) is 0.574. The molecule has 25 heavy (non-hydrogen) atoms. The first kappa shape index (κ1) is 15.5. The third kappa shape index (κ3) is 3.27. The number of nitrogens with one attached hydrogen (secondary N) is 2. The minimum atomic E-state index is 0.538. The van der Waals surface area contributed by atoms with Crippen LogP contribution in [0.4, 0.5) is 17.5 Å². The van der Waals surface area contributed by atoms with Crippen molar-refractivity contribution in [2.24, 2.45) is 0 Å². The smallest absolute Gasteiger partial charge is 0.225 e. The van der Waals surface area contributed by atoms with Gasteiger partial charge in [-0.3, -0.25) is 4.98 Å². The molecule has 0 atom stereocenters. The highest BCUT2D eigenvalue weighted by Gasteiger charge is 2.08. The van der Waals surface area contributed by atoms with Crippen LogP contribution in [-0.4, -0.2) is 27.0 Å². The molecule has 0 saturated carbocycles. The third-order valence-corrected chi connectivity index (χ3v) is 4.60. The molecule has 4 aromatic rings. The number of aryl methyl sites for hydroxylation is 1. The molecular weight excluding hydrogens is 332 g/mol. The molecule has 0 saturated heterocycles. The Balaban J connectivity index is 1.71. The molecule has 1 aromatic carbocycles. The summed E-state index contributed by atoms with van der Waals surface area (Å²) in [5.41, 5.74) is 3.48. The van der Waals surface area contributed by atoms with Crippen LogP contribution in [0.15, 0.2) is 48.7 Å². The topological polar surface area (TPSA) is 75.6 Å². The Morgan fingerprint density at radius 1 is 0.960 bits per heavy atom. The van der Waals surface area contributed by atoms with Crippen LogP contribution < -0.4 is 10.6 Å². The minimum absolute atomic E-state index is 0.538. The molecule has 0 radical (unpaired) electrons. The van der Waals surface area contributed by atoms with E-state index in [0.29, 0.717) is 11.8 Å². The summed E-state index contributed by atoms with van der Waals surface area (Å²) in [6.07, 6.45) is 1.75. The van der Waals surface area contributed by atoms with Crippen molar-refractivity contribution < 1.29 is 0 Å². The molecule has 124 valence electrons. The van der Waals surface area contributed by atoms with E-state index in [1.807, 2.05) is 43.3 Å². The Hall–Kier alpha value is -3.06. The Labute approximate surface area is 149 Å². The van der Waals surface area contributed by atoms with Crippen LogP contribution in [0.3, 0.4) is 0 Å². The molecule has 0 amide bonds. The van der Waals surface area contributed by atoms with E-state index in [1.165, 1.54) is 4.70 Å².